The Balaban J connectivity index is 2.88. The number of anilines is 1. The van der Waals surface area contributed by atoms with Crippen LogP contribution < -0.4 is 4.57 Å². The van der Waals surface area contributed by atoms with Crippen molar-refractivity contribution >= 4 is 16.1 Å². The van der Waals surface area contributed by atoms with Crippen molar-refractivity contribution in [2.45, 2.75) is 0 Å². The Morgan fingerprint density at radius 1 is 1.30 bits per heavy atom. The van der Waals surface area contributed by atoms with Gasteiger partial charge in [-0.3, -0.25) is 0 Å². The van der Waals surface area contributed by atoms with Crippen molar-refractivity contribution in [1.82, 2.24) is 0 Å². The second-order valence-electron chi connectivity index (χ2n) is 1.99. The Kier molecular flexibility index (Phi) is 2.08. The van der Waals surface area contributed by atoms with Crippen molar-refractivity contribution < 1.29 is 0 Å². The Morgan fingerprint density at radius 2 is 1.90 bits per heavy atom. The van der Waals surface area contributed by atoms with Gasteiger partial charge in [0, 0.05) is 5.69 Å². The summed E-state index contributed by atoms with van der Waals surface area (Å²) in [5.41, 5.74) is 0.983. The molecule has 0 saturated carbocycles. The first-order chi connectivity index (χ1) is 4.84. The molecule has 1 aromatic rings. The van der Waals surface area contributed by atoms with Crippen LogP contribution in [0.3, 0.4) is 0 Å². The van der Waals surface area contributed by atoms with Crippen LogP contribution in [0.2, 0.25) is 0 Å². The highest BCUT2D eigenvalue weighted by Crippen LogP contribution is 2.08. The lowest BCUT2D eigenvalue weighted by atomic mass is 10.3. The molecule has 0 spiro atoms. The number of para-hydroxylation sites is 1. The molecule has 0 aromatic heterocycles. The van der Waals surface area contributed by atoms with Crippen LogP contribution in [0.25, 0.3) is 0 Å². The molecule has 2 nitrogen and oxygen atoms in total. The van der Waals surface area contributed by atoms with E-state index in [4.69, 9.17) is 5.26 Å². The second kappa shape index (κ2) is 3.04. The summed E-state index contributed by atoms with van der Waals surface area (Å²) in [7, 11) is 0.750. The average molecular weight is 148 g/mol. The Hall–Kier alpha value is -1.27. The number of nitriles is 1. The van der Waals surface area contributed by atoms with Gasteiger partial charge < -0.3 is 4.57 Å². The molecule has 0 atom stereocenters. The third-order valence-electron chi connectivity index (χ3n) is 1.29. The van der Waals surface area contributed by atoms with Crippen LogP contribution in [0.4, 0.5) is 5.69 Å². The number of benzene rings is 1. The lowest BCUT2D eigenvalue weighted by molar-refractivity contribution is 1.38. The third kappa shape index (κ3) is 1.36. The maximum atomic E-state index is 8.50. The van der Waals surface area contributed by atoms with Gasteiger partial charge in [-0.25, -0.2) is 0 Å². The molecule has 10 heavy (non-hydrogen) atoms. The zero-order valence-electron chi connectivity index (χ0n) is 5.78. The molecule has 0 heterocycles. The van der Waals surface area contributed by atoms with Gasteiger partial charge in [0.25, 0.3) is 0 Å². The maximum absolute atomic E-state index is 8.50. The quantitative estimate of drug-likeness (QED) is 0.324. The van der Waals surface area contributed by atoms with Crippen LogP contribution in [0.5, 0.6) is 0 Å². The summed E-state index contributed by atoms with van der Waals surface area (Å²) >= 11 is 0. The first-order valence-electron chi connectivity index (χ1n) is 3.03. The largest absolute Gasteiger partial charge is 0.318 e. The van der Waals surface area contributed by atoms with Crippen molar-refractivity contribution in [3.63, 3.8) is 0 Å². The minimum absolute atomic E-state index is 0.750. The third-order valence-corrected chi connectivity index (χ3v) is 2.01. The van der Waals surface area contributed by atoms with Gasteiger partial charge in [-0.2, -0.15) is 5.26 Å². The van der Waals surface area contributed by atoms with E-state index >= 15 is 0 Å². The molecule has 50 valence electrons. The van der Waals surface area contributed by atoms with E-state index in [2.05, 4.69) is 6.19 Å². The minimum atomic E-state index is 0.750. The van der Waals surface area contributed by atoms with Crippen LogP contribution in [0.15, 0.2) is 30.3 Å². The molecule has 0 aliphatic carbocycles. The SMILES string of the molecule is N#CN([SiH3])c1ccccc1. The summed E-state index contributed by atoms with van der Waals surface area (Å²) in [6.07, 6.45) is 2.08. The fourth-order valence-electron chi connectivity index (χ4n) is 0.709. The zero-order valence-corrected chi connectivity index (χ0v) is 7.78. The summed E-state index contributed by atoms with van der Waals surface area (Å²) in [4.78, 5) is 0. The molecule has 0 radical (unpaired) electrons. The molecule has 0 saturated heterocycles. The Morgan fingerprint density at radius 3 is 2.40 bits per heavy atom. The highest BCUT2D eigenvalue weighted by Gasteiger charge is 1.92. The molecule has 0 amide bonds. The summed E-state index contributed by atoms with van der Waals surface area (Å²) in [6.45, 7) is 0. The maximum Gasteiger partial charge on any atom is 0.174 e. The van der Waals surface area contributed by atoms with Crippen molar-refractivity contribution in [3.8, 4) is 6.19 Å². The van der Waals surface area contributed by atoms with Gasteiger partial charge >= 0.3 is 0 Å². The van der Waals surface area contributed by atoms with Gasteiger partial charge in [0.15, 0.2) is 6.19 Å². The molecule has 0 fully saturated rings. The van der Waals surface area contributed by atoms with Gasteiger partial charge in [0.2, 0.25) is 0 Å². The predicted octanol–water partition coefficient (Wildman–Crippen LogP) is 0.254. The smallest absolute Gasteiger partial charge is 0.174 e. The van der Waals surface area contributed by atoms with Crippen LogP contribution in [0, 0.1) is 11.5 Å². The fourth-order valence-corrected chi connectivity index (χ4v) is 1.01. The highest BCUT2D eigenvalue weighted by molar-refractivity contribution is 6.19. The van der Waals surface area contributed by atoms with Crippen LogP contribution in [-0.4, -0.2) is 10.4 Å². The van der Waals surface area contributed by atoms with E-state index in [9.17, 15) is 0 Å². The molecule has 0 bridgehead atoms. The molecule has 1 rings (SSSR count). The molecule has 0 aliphatic heterocycles. The van der Waals surface area contributed by atoms with Crippen molar-refractivity contribution in [2.75, 3.05) is 4.57 Å². The summed E-state index contributed by atoms with van der Waals surface area (Å²) in [5.74, 6) is 0. The van der Waals surface area contributed by atoms with Crippen molar-refractivity contribution in [2.24, 2.45) is 0 Å². The number of hydrogen-bond acceptors (Lipinski definition) is 2. The van der Waals surface area contributed by atoms with E-state index in [0.717, 1.165) is 16.1 Å². The molecule has 1 aromatic carbocycles. The topological polar surface area (TPSA) is 27.0 Å². The van der Waals surface area contributed by atoms with Gasteiger partial charge in [0.05, 0.1) is 0 Å². The first kappa shape index (κ1) is 6.84. The van der Waals surface area contributed by atoms with E-state index < -0.39 is 0 Å². The lowest BCUT2D eigenvalue weighted by Gasteiger charge is -2.07. The Bertz CT molecular complexity index is 240. The predicted molar refractivity (Wildman–Crippen MR) is 44.5 cm³/mol. The van der Waals surface area contributed by atoms with Crippen molar-refractivity contribution in [1.29, 1.82) is 5.26 Å². The molecule has 0 aliphatic rings. The summed E-state index contributed by atoms with van der Waals surface area (Å²) in [5, 5.41) is 8.50. The van der Waals surface area contributed by atoms with E-state index in [1.54, 1.807) is 4.57 Å². The monoisotopic (exact) mass is 148 g/mol. The highest BCUT2D eigenvalue weighted by atomic mass is 28.2. The van der Waals surface area contributed by atoms with Gasteiger partial charge in [0.1, 0.15) is 10.4 Å². The minimum Gasteiger partial charge on any atom is -0.318 e. The molecule has 0 unspecified atom stereocenters. The van der Waals surface area contributed by atoms with Gasteiger partial charge in [-0.05, 0) is 12.1 Å². The number of rotatable bonds is 1. The lowest BCUT2D eigenvalue weighted by Crippen LogP contribution is -2.09. The Labute approximate surface area is 63.2 Å². The van der Waals surface area contributed by atoms with E-state index in [-0.39, 0.29) is 0 Å². The molecular weight excluding hydrogens is 140 g/mol. The van der Waals surface area contributed by atoms with Crippen molar-refractivity contribution in [3.05, 3.63) is 30.3 Å². The second-order valence-corrected chi connectivity index (χ2v) is 2.89. The van der Waals surface area contributed by atoms with Crippen LogP contribution in [-0.2, 0) is 0 Å². The van der Waals surface area contributed by atoms with Gasteiger partial charge in [-0.15, -0.1) is 0 Å². The molecular formula is C7H8N2Si. The molecule has 3 heteroatoms. The standard InChI is InChI=1S/C7H8N2Si/c8-6-9(10)7-4-2-1-3-5-7/h1-5H,10H3. The first-order valence-corrected chi connectivity index (χ1v) is 3.92. The average Bonchev–Trinajstić information content (AvgIpc) is 2.05. The number of nitrogens with zero attached hydrogens (tertiary/aromatic N) is 2. The normalized spacial score (nSPS) is 8.70. The summed E-state index contributed by atoms with van der Waals surface area (Å²) < 4.78 is 1.65. The number of hydrogen-bond donors (Lipinski definition) is 0. The fraction of sp³-hybridized carbons (Fsp3) is 0. The van der Waals surface area contributed by atoms with Crippen LogP contribution in [0.1, 0.15) is 0 Å². The van der Waals surface area contributed by atoms with E-state index in [0.29, 0.717) is 0 Å². The van der Waals surface area contributed by atoms with E-state index in [1.165, 1.54) is 0 Å². The molecule has 0 N–H and O–H groups in total. The van der Waals surface area contributed by atoms with E-state index in [1.807, 2.05) is 30.3 Å². The summed E-state index contributed by atoms with van der Waals surface area (Å²) in [6, 6.07) is 9.65. The zero-order chi connectivity index (χ0) is 7.40. The van der Waals surface area contributed by atoms with Gasteiger partial charge in [-0.1, -0.05) is 18.2 Å². The van der Waals surface area contributed by atoms with Crippen LogP contribution >= 0.6 is 0 Å².